The highest BCUT2D eigenvalue weighted by atomic mass is 16.6. The van der Waals surface area contributed by atoms with E-state index in [1.807, 2.05) is 20.8 Å². The first kappa shape index (κ1) is 23.3. The molecule has 1 saturated heterocycles. The Balaban J connectivity index is 1.41. The molecule has 2 aliphatic heterocycles. The molecule has 1 amide bonds. The van der Waals surface area contributed by atoms with Gasteiger partial charge in [0.05, 0.1) is 0 Å². The smallest absolute Gasteiger partial charge is 0.410 e. The first-order valence-electron chi connectivity index (χ1n) is 11.7. The topological polar surface area (TPSA) is 96.7 Å². The van der Waals surface area contributed by atoms with Crippen molar-refractivity contribution in [3.8, 4) is 0 Å². The van der Waals surface area contributed by atoms with Crippen LogP contribution in [0.25, 0.3) is 0 Å². The Hall–Kier alpha value is -2.32. The zero-order valence-corrected chi connectivity index (χ0v) is 19.6. The molecule has 0 spiro atoms. The molecule has 1 unspecified atom stereocenters. The molecular formula is C22H39N7O2. The number of fused-ring (bicyclic) bond motifs is 1. The summed E-state index contributed by atoms with van der Waals surface area (Å²) < 4.78 is 7.83. The summed E-state index contributed by atoms with van der Waals surface area (Å²) in [5.41, 5.74) is -0.474. The second kappa shape index (κ2) is 10.8. The Morgan fingerprint density at radius 1 is 1.19 bits per heavy atom. The van der Waals surface area contributed by atoms with Crippen LogP contribution in [-0.2, 0) is 24.1 Å². The molecule has 174 valence electrons. The van der Waals surface area contributed by atoms with Gasteiger partial charge in [0, 0.05) is 52.1 Å². The second-order valence-electron chi connectivity index (χ2n) is 9.51. The lowest BCUT2D eigenvalue weighted by atomic mass is 10.1. The number of likely N-dealkylation sites (tertiary alicyclic amines) is 1. The number of amides is 1. The quantitative estimate of drug-likeness (QED) is 0.421. The average Bonchev–Trinajstić information content (AvgIpc) is 2.95. The van der Waals surface area contributed by atoms with E-state index in [1.54, 1.807) is 11.9 Å². The Morgan fingerprint density at radius 2 is 2.03 bits per heavy atom. The van der Waals surface area contributed by atoms with Crippen LogP contribution in [0.3, 0.4) is 0 Å². The van der Waals surface area contributed by atoms with Crippen LogP contribution >= 0.6 is 0 Å². The van der Waals surface area contributed by atoms with Gasteiger partial charge in [0.15, 0.2) is 5.96 Å². The number of aliphatic imine (C=N–C) groups is 1. The predicted molar refractivity (Wildman–Crippen MR) is 121 cm³/mol. The number of hydrogen-bond donors (Lipinski definition) is 2. The molecule has 0 aromatic carbocycles. The van der Waals surface area contributed by atoms with Crippen molar-refractivity contribution >= 4 is 12.1 Å². The van der Waals surface area contributed by atoms with Crippen LogP contribution < -0.4 is 10.6 Å². The summed E-state index contributed by atoms with van der Waals surface area (Å²) in [6, 6.07) is 0.166. The largest absolute Gasteiger partial charge is 0.444 e. The number of ether oxygens (including phenoxy) is 1. The number of nitrogens with zero attached hydrogens (tertiary/aromatic N) is 5. The van der Waals surface area contributed by atoms with Gasteiger partial charge in [-0.05, 0) is 52.9 Å². The number of piperidine rings is 1. The van der Waals surface area contributed by atoms with Crippen LogP contribution in [0.1, 0.15) is 70.9 Å². The maximum absolute atomic E-state index is 12.4. The van der Waals surface area contributed by atoms with Gasteiger partial charge in [0.25, 0.3) is 0 Å². The summed E-state index contributed by atoms with van der Waals surface area (Å²) in [4.78, 5) is 18.5. The molecule has 3 heterocycles. The molecule has 3 rings (SSSR count). The molecule has 1 atom stereocenters. The van der Waals surface area contributed by atoms with Gasteiger partial charge in [-0.15, -0.1) is 10.2 Å². The van der Waals surface area contributed by atoms with Gasteiger partial charge in [-0.25, -0.2) is 4.79 Å². The first-order valence-corrected chi connectivity index (χ1v) is 11.7. The Bertz CT molecular complexity index is 754. The van der Waals surface area contributed by atoms with Crippen LogP contribution in [0.4, 0.5) is 4.79 Å². The second-order valence-corrected chi connectivity index (χ2v) is 9.51. The Morgan fingerprint density at radius 3 is 2.81 bits per heavy atom. The average molecular weight is 434 g/mol. The highest BCUT2D eigenvalue weighted by Crippen LogP contribution is 2.16. The van der Waals surface area contributed by atoms with Gasteiger partial charge in [0.2, 0.25) is 0 Å². The molecular weight excluding hydrogens is 394 g/mol. The van der Waals surface area contributed by atoms with E-state index in [0.717, 1.165) is 69.3 Å². The molecule has 0 aliphatic carbocycles. The first-order chi connectivity index (χ1) is 14.9. The maximum atomic E-state index is 12.4. The maximum Gasteiger partial charge on any atom is 0.410 e. The molecule has 9 nitrogen and oxygen atoms in total. The summed E-state index contributed by atoms with van der Waals surface area (Å²) >= 11 is 0. The highest BCUT2D eigenvalue weighted by molar-refractivity contribution is 5.80. The van der Waals surface area contributed by atoms with Crippen molar-refractivity contribution in [2.24, 2.45) is 4.99 Å². The number of carbonyl (C=O) groups excluding carboxylic acids is 1. The fourth-order valence-corrected chi connectivity index (χ4v) is 4.16. The number of carbonyl (C=O) groups is 1. The van der Waals surface area contributed by atoms with E-state index in [9.17, 15) is 4.79 Å². The minimum Gasteiger partial charge on any atom is -0.444 e. The van der Waals surface area contributed by atoms with Crippen molar-refractivity contribution in [2.75, 3.05) is 26.7 Å². The van der Waals surface area contributed by atoms with Crippen molar-refractivity contribution in [1.82, 2.24) is 30.3 Å². The summed E-state index contributed by atoms with van der Waals surface area (Å²) in [7, 11) is 1.78. The molecule has 0 radical (unpaired) electrons. The fourth-order valence-electron chi connectivity index (χ4n) is 4.16. The Kier molecular flexibility index (Phi) is 8.15. The number of aromatic nitrogens is 3. The summed E-state index contributed by atoms with van der Waals surface area (Å²) in [6.07, 6.45) is 8.35. The molecule has 0 bridgehead atoms. The third-order valence-electron chi connectivity index (χ3n) is 5.69. The molecule has 0 saturated carbocycles. The molecule has 1 aromatic rings. The number of nitrogens with one attached hydrogen (secondary N) is 2. The highest BCUT2D eigenvalue weighted by Gasteiger charge is 2.28. The van der Waals surface area contributed by atoms with Gasteiger partial charge in [-0.3, -0.25) is 4.99 Å². The van der Waals surface area contributed by atoms with E-state index in [2.05, 4.69) is 30.4 Å². The molecule has 1 fully saturated rings. The third-order valence-corrected chi connectivity index (χ3v) is 5.69. The molecule has 31 heavy (non-hydrogen) atoms. The number of aryl methyl sites for hydroxylation is 2. The zero-order valence-electron chi connectivity index (χ0n) is 19.6. The Labute approximate surface area is 186 Å². The van der Waals surface area contributed by atoms with Crippen molar-refractivity contribution in [3.05, 3.63) is 11.6 Å². The number of rotatable bonds is 5. The molecule has 2 N–H and O–H groups in total. The minimum atomic E-state index is -0.474. The molecule has 9 heteroatoms. The third kappa shape index (κ3) is 7.11. The predicted octanol–water partition coefficient (Wildman–Crippen LogP) is 2.50. The lowest BCUT2D eigenvalue weighted by molar-refractivity contribution is 0.0193. The van der Waals surface area contributed by atoms with E-state index in [-0.39, 0.29) is 12.1 Å². The summed E-state index contributed by atoms with van der Waals surface area (Å²) in [5.74, 6) is 3.02. The lowest BCUT2D eigenvalue weighted by Gasteiger charge is -2.35. The number of guanidine groups is 1. The fraction of sp³-hybridized carbons (Fsp3) is 0.818. The number of hydrogen-bond acceptors (Lipinski definition) is 5. The normalized spacial score (nSPS) is 20.1. The monoisotopic (exact) mass is 433 g/mol. The van der Waals surface area contributed by atoms with E-state index >= 15 is 0 Å². The van der Waals surface area contributed by atoms with Gasteiger partial charge < -0.3 is 24.8 Å². The van der Waals surface area contributed by atoms with Crippen molar-refractivity contribution in [1.29, 1.82) is 0 Å². The van der Waals surface area contributed by atoms with Gasteiger partial charge in [-0.2, -0.15) is 0 Å². The summed E-state index contributed by atoms with van der Waals surface area (Å²) in [5, 5.41) is 15.7. The van der Waals surface area contributed by atoms with E-state index in [4.69, 9.17) is 4.74 Å². The van der Waals surface area contributed by atoms with Gasteiger partial charge in [-0.1, -0.05) is 6.42 Å². The van der Waals surface area contributed by atoms with Crippen LogP contribution in [0, 0.1) is 0 Å². The van der Waals surface area contributed by atoms with Crippen LogP contribution in [0.2, 0.25) is 0 Å². The van der Waals surface area contributed by atoms with Crippen molar-refractivity contribution in [3.63, 3.8) is 0 Å². The van der Waals surface area contributed by atoms with E-state index in [0.29, 0.717) is 6.54 Å². The SMILES string of the molecule is CN=C(NCCCc1nnc2n1CCCCC2)NC1CCCN(C(=O)OC(C)(C)C)C1. The van der Waals surface area contributed by atoms with Crippen LogP contribution in [0.15, 0.2) is 4.99 Å². The molecule has 1 aromatic heterocycles. The van der Waals surface area contributed by atoms with E-state index < -0.39 is 5.60 Å². The van der Waals surface area contributed by atoms with Gasteiger partial charge >= 0.3 is 6.09 Å². The van der Waals surface area contributed by atoms with Gasteiger partial charge in [0.1, 0.15) is 17.2 Å². The summed E-state index contributed by atoms with van der Waals surface area (Å²) in [6.45, 7) is 8.91. The minimum absolute atomic E-state index is 0.166. The molecule has 2 aliphatic rings. The van der Waals surface area contributed by atoms with Crippen molar-refractivity contribution < 1.29 is 9.53 Å². The van der Waals surface area contributed by atoms with E-state index in [1.165, 1.54) is 19.3 Å². The zero-order chi connectivity index (χ0) is 22.3. The van der Waals surface area contributed by atoms with Crippen LogP contribution in [-0.4, -0.2) is 70.0 Å². The van der Waals surface area contributed by atoms with Crippen molar-refractivity contribution in [2.45, 2.75) is 90.3 Å². The lowest BCUT2D eigenvalue weighted by Crippen LogP contribution is -2.53. The van der Waals surface area contributed by atoms with Crippen LogP contribution in [0.5, 0.6) is 0 Å². The standard InChI is InChI=1S/C22H39N7O2/c1-22(2,3)31-21(30)28-14-9-10-17(16-28)25-20(23-4)24-13-8-12-19-27-26-18-11-6-5-7-15-29(18)19/h17H,5-16H2,1-4H3,(H2,23,24,25).